The fraction of sp³-hybridized carbons (Fsp3) is 0.412. The van der Waals surface area contributed by atoms with Crippen LogP contribution in [0.5, 0.6) is 11.5 Å². The number of carbonyl (C=O) groups excluding carboxylic acids is 1. The molecule has 0 aliphatic rings. The molecule has 0 bridgehead atoms. The summed E-state index contributed by atoms with van der Waals surface area (Å²) in [6.45, 7) is 10.8. The van der Waals surface area contributed by atoms with E-state index in [9.17, 15) is 4.79 Å². The van der Waals surface area contributed by atoms with Gasteiger partial charge in [0, 0.05) is 11.6 Å². The van der Waals surface area contributed by atoms with E-state index in [-0.39, 0.29) is 10.8 Å². The molecule has 1 aromatic heterocycles. The largest absolute Gasteiger partial charge is 0.541 e. The van der Waals surface area contributed by atoms with Crippen molar-refractivity contribution in [3.8, 4) is 11.5 Å². The van der Waals surface area contributed by atoms with E-state index < -0.39 is 8.32 Å². The molecule has 0 aliphatic carbocycles. The summed E-state index contributed by atoms with van der Waals surface area (Å²) in [5, 5.41) is 2.27. The van der Waals surface area contributed by atoms with E-state index in [1.807, 2.05) is 6.07 Å². The number of carbonyl (C=O) groups is 1. The molecule has 2 aromatic rings. The summed E-state index contributed by atoms with van der Waals surface area (Å²) >= 11 is 1.33. The Morgan fingerprint density at radius 1 is 1.26 bits per heavy atom. The minimum atomic E-state index is -2.10. The zero-order valence-corrected chi connectivity index (χ0v) is 16.3. The van der Waals surface area contributed by atoms with Gasteiger partial charge in [0.05, 0.1) is 12.7 Å². The third kappa shape index (κ3) is 3.64. The standard InChI is InChI=1S/C17H23NO3SSi/c1-17(2,3)23(5,6)21-15-12(8-7-9-13(15)20-4)14(19)16-18-10-11-22-16/h7-11H,1-6H3. The van der Waals surface area contributed by atoms with E-state index in [4.69, 9.17) is 9.16 Å². The highest BCUT2D eigenvalue weighted by Gasteiger charge is 2.40. The van der Waals surface area contributed by atoms with Crippen LogP contribution in [0.4, 0.5) is 0 Å². The third-order valence-corrected chi connectivity index (χ3v) is 9.33. The summed E-state index contributed by atoms with van der Waals surface area (Å²) in [4.78, 5) is 16.9. The lowest BCUT2D eigenvalue weighted by Gasteiger charge is -2.37. The summed E-state index contributed by atoms with van der Waals surface area (Å²) in [5.74, 6) is 0.978. The van der Waals surface area contributed by atoms with Crippen LogP contribution in [0.25, 0.3) is 0 Å². The number of ether oxygens (including phenoxy) is 1. The van der Waals surface area contributed by atoms with Gasteiger partial charge >= 0.3 is 0 Å². The molecule has 0 saturated carbocycles. The topological polar surface area (TPSA) is 48.4 Å². The number of hydrogen-bond donors (Lipinski definition) is 0. The predicted molar refractivity (Wildman–Crippen MR) is 96.4 cm³/mol. The molecular formula is C17H23NO3SSi. The highest BCUT2D eigenvalue weighted by Crippen LogP contribution is 2.42. The minimum absolute atomic E-state index is 0.0232. The predicted octanol–water partition coefficient (Wildman–Crippen LogP) is 4.77. The van der Waals surface area contributed by atoms with Gasteiger partial charge in [0.25, 0.3) is 8.32 Å². The smallest absolute Gasteiger partial charge is 0.250 e. The normalized spacial score (nSPS) is 12.1. The maximum absolute atomic E-state index is 12.8. The molecule has 4 nitrogen and oxygen atoms in total. The highest BCUT2D eigenvalue weighted by atomic mass is 32.1. The van der Waals surface area contributed by atoms with Gasteiger partial charge in [0.2, 0.25) is 5.78 Å². The van der Waals surface area contributed by atoms with Crippen LogP contribution in [0.3, 0.4) is 0 Å². The van der Waals surface area contributed by atoms with Crippen LogP contribution in [0, 0.1) is 0 Å². The number of aromatic nitrogens is 1. The Morgan fingerprint density at radius 3 is 2.48 bits per heavy atom. The van der Waals surface area contributed by atoms with Crippen LogP contribution in [-0.4, -0.2) is 26.2 Å². The summed E-state index contributed by atoms with van der Waals surface area (Å²) in [5.41, 5.74) is 0.504. The molecule has 0 unspecified atom stereocenters. The van der Waals surface area contributed by atoms with Crippen molar-refractivity contribution in [2.75, 3.05) is 7.11 Å². The summed E-state index contributed by atoms with van der Waals surface area (Å²) < 4.78 is 11.8. The van der Waals surface area contributed by atoms with Gasteiger partial charge in [-0.1, -0.05) is 26.8 Å². The number of hydrogen-bond acceptors (Lipinski definition) is 5. The first-order valence-corrected chi connectivity index (χ1v) is 11.3. The molecule has 0 amide bonds. The fourth-order valence-corrected chi connectivity index (χ4v) is 3.44. The summed E-state index contributed by atoms with van der Waals surface area (Å²) in [7, 11) is -0.516. The summed E-state index contributed by atoms with van der Waals surface area (Å²) in [6.07, 6.45) is 1.63. The van der Waals surface area contributed by atoms with E-state index >= 15 is 0 Å². The van der Waals surface area contributed by atoms with Gasteiger partial charge < -0.3 is 9.16 Å². The van der Waals surface area contributed by atoms with Crippen LogP contribution < -0.4 is 9.16 Å². The molecule has 1 aromatic carbocycles. The molecule has 124 valence electrons. The Balaban J connectivity index is 2.51. The zero-order chi connectivity index (χ0) is 17.3. The van der Waals surface area contributed by atoms with Gasteiger partial charge in [0.1, 0.15) is 0 Å². The molecular weight excluding hydrogens is 326 g/mol. The van der Waals surface area contributed by atoms with Crippen LogP contribution in [0.2, 0.25) is 18.1 Å². The molecule has 0 saturated heterocycles. The SMILES string of the molecule is COc1cccc(C(=O)c2nccs2)c1O[Si](C)(C)C(C)(C)C. The number of nitrogens with zero attached hydrogens (tertiary/aromatic N) is 1. The van der Waals surface area contributed by atoms with Crippen molar-refractivity contribution in [3.63, 3.8) is 0 Å². The van der Waals surface area contributed by atoms with Crippen molar-refractivity contribution >= 4 is 25.4 Å². The van der Waals surface area contributed by atoms with Gasteiger partial charge in [-0.15, -0.1) is 11.3 Å². The molecule has 2 rings (SSSR count). The Bertz CT molecular complexity index is 690. The molecule has 0 N–H and O–H groups in total. The number of rotatable bonds is 5. The molecule has 23 heavy (non-hydrogen) atoms. The average molecular weight is 350 g/mol. The maximum Gasteiger partial charge on any atom is 0.250 e. The number of benzene rings is 1. The lowest BCUT2D eigenvalue weighted by Crippen LogP contribution is -2.44. The highest BCUT2D eigenvalue weighted by molar-refractivity contribution is 7.11. The van der Waals surface area contributed by atoms with Gasteiger partial charge in [-0.3, -0.25) is 4.79 Å². The Hall–Kier alpha value is -1.66. The van der Waals surface area contributed by atoms with Gasteiger partial charge in [-0.05, 0) is 30.3 Å². The maximum atomic E-state index is 12.8. The van der Waals surface area contributed by atoms with Gasteiger partial charge in [0.15, 0.2) is 16.5 Å². The first kappa shape index (κ1) is 17.7. The molecule has 0 radical (unpaired) electrons. The van der Waals surface area contributed by atoms with Gasteiger partial charge in [-0.2, -0.15) is 0 Å². The fourth-order valence-electron chi connectivity index (χ4n) is 1.82. The third-order valence-electron chi connectivity index (χ3n) is 4.23. The van der Waals surface area contributed by atoms with Crippen molar-refractivity contribution in [1.82, 2.24) is 4.98 Å². The van der Waals surface area contributed by atoms with E-state index in [2.05, 4.69) is 38.8 Å². The van der Waals surface area contributed by atoms with Crippen LogP contribution >= 0.6 is 11.3 Å². The van der Waals surface area contributed by atoms with Crippen molar-refractivity contribution in [1.29, 1.82) is 0 Å². The number of thiazole rings is 1. The Kier molecular flexibility index (Phi) is 4.96. The molecule has 6 heteroatoms. The van der Waals surface area contributed by atoms with Crippen LogP contribution in [0.15, 0.2) is 29.8 Å². The van der Waals surface area contributed by atoms with E-state index in [0.29, 0.717) is 22.1 Å². The first-order chi connectivity index (χ1) is 10.7. The number of methoxy groups -OCH3 is 1. The second-order valence-electron chi connectivity index (χ2n) is 6.87. The second-order valence-corrected chi connectivity index (χ2v) is 12.5. The molecule has 0 spiro atoms. The number of para-hydroxylation sites is 1. The van der Waals surface area contributed by atoms with E-state index in [1.54, 1.807) is 30.8 Å². The van der Waals surface area contributed by atoms with E-state index in [1.165, 1.54) is 11.3 Å². The average Bonchev–Trinajstić information content (AvgIpc) is 2.99. The van der Waals surface area contributed by atoms with Gasteiger partial charge in [-0.25, -0.2) is 4.98 Å². The Labute approximate surface area is 142 Å². The quantitative estimate of drug-likeness (QED) is 0.576. The summed E-state index contributed by atoms with van der Waals surface area (Å²) in [6, 6.07) is 5.40. The number of ketones is 1. The van der Waals surface area contributed by atoms with Crippen molar-refractivity contribution in [2.45, 2.75) is 38.9 Å². The van der Waals surface area contributed by atoms with Crippen LogP contribution in [0.1, 0.15) is 36.1 Å². The molecule has 0 atom stereocenters. The minimum Gasteiger partial charge on any atom is -0.541 e. The van der Waals surface area contributed by atoms with Crippen molar-refractivity contribution < 1.29 is 14.0 Å². The zero-order valence-electron chi connectivity index (χ0n) is 14.5. The van der Waals surface area contributed by atoms with Crippen molar-refractivity contribution in [3.05, 3.63) is 40.3 Å². The second kappa shape index (κ2) is 6.45. The molecule has 1 heterocycles. The lowest BCUT2D eigenvalue weighted by molar-refractivity contribution is 0.103. The van der Waals surface area contributed by atoms with E-state index in [0.717, 1.165) is 0 Å². The monoisotopic (exact) mass is 349 g/mol. The lowest BCUT2D eigenvalue weighted by atomic mass is 10.1. The first-order valence-electron chi connectivity index (χ1n) is 7.47. The van der Waals surface area contributed by atoms with Crippen LogP contribution in [-0.2, 0) is 0 Å². The molecule has 0 aliphatic heterocycles. The molecule has 0 fully saturated rings. The Morgan fingerprint density at radius 2 is 1.96 bits per heavy atom. The van der Waals surface area contributed by atoms with Crippen molar-refractivity contribution in [2.24, 2.45) is 0 Å².